The van der Waals surface area contributed by atoms with Crippen LogP contribution in [-0.4, -0.2) is 27.1 Å². The van der Waals surface area contributed by atoms with Gasteiger partial charge in [0.2, 0.25) is 0 Å². The Labute approximate surface area is 157 Å². The first-order chi connectivity index (χ1) is 13.1. The Morgan fingerprint density at radius 3 is 2.59 bits per heavy atom. The number of carbonyl (C=O) groups excluding carboxylic acids is 1. The predicted octanol–water partition coefficient (Wildman–Crippen LogP) is 3.57. The maximum atomic E-state index is 13.1. The van der Waals surface area contributed by atoms with E-state index < -0.39 is 0 Å². The summed E-state index contributed by atoms with van der Waals surface area (Å²) in [6, 6.07) is 15.3. The van der Waals surface area contributed by atoms with Gasteiger partial charge in [-0.25, -0.2) is 4.39 Å². The Bertz CT molecular complexity index is 952. The minimum atomic E-state index is -0.345. The number of hydrogen-bond donors (Lipinski definition) is 0. The number of para-hydroxylation sites is 1. The molecule has 6 heteroatoms. The lowest BCUT2D eigenvalue weighted by Gasteiger charge is -2.28. The van der Waals surface area contributed by atoms with Crippen LogP contribution in [0.2, 0.25) is 0 Å². The molecule has 1 aliphatic heterocycles. The summed E-state index contributed by atoms with van der Waals surface area (Å²) in [7, 11) is 0. The number of amides is 1. The van der Waals surface area contributed by atoms with Crippen molar-refractivity contribution in [3.63, 3.8) is 0 Å². The summed E-state index contributed by atoms with van der Waals surface area (Å²) in [5.74, 6) is 0.363. The molecule has 2 heterocycles. The van der Waals surface area contributed by atoms with Gasteiger partial charge in [-0.15, -0.1) is 0 Å². The van der Waals surface area contributed by atoms with Crippen molar-refractivity contribution in [2.75, 3.05) is 6.54 Å². The second-order valence-electron chi connectivity index (χ2n) is 6.58. The van der Waals surface area contributed by atoms with Crippen molar-refractivity contribution in [3.05, 3.63) is 82.9 Å². The molecule has 1 aliphatic rings. The SMILES string of the molecule is Cc1c(COc2ccccc2)nn2c1CN(C(=O)c1ccc(F)cc1)CC2. The van der Waals surface area contributed by atoms with Gasteiger partial charge < -0.3 is 9.64 Å². The van der Waals surface area contributed by atoms with Crippen LogP contribution in [0, 0.1) is 12.7 Å². The maximum Gasteiger partial charge on any atom is 0.254 e. The van der Waals surface area contributed by atoms with Gasteiger partial charge in [0, 0.05) is 12.1 Å². The van der Waals surface area contributed by atoms with Gasteiger partial charge in [-0.1, -0.05) is 18.2 Å². The zero-order valence-electron chi connectivity index (χ0n) is 15.1. The highest BCUT2D eigenvalue weighted by molar-refractivity contribution is 5.94. The highest BCUT2D eigenvalue weighted by Gasteiger charge is 2.25. The first-order valence-electron chi connectivity index (χ1n) is 8.89. The van der Waals surface area contributed by atoms with Gasteiger partial charge in [-0.05, 0) is 48.9 Å². The zero-order chi connectivity index (χ0) is 18.8. The van der Waals surface area contributed by atoms with E-state index in [1.54, 1.807) is 4.90 Å². The smallest absolute Gasteiger partial charge is 0.254 e. The molecule has 138 valence electrons. The third-order valence-electron chi connectivity index (χ3n) is 4.84. The zero-order valence-corrected chi connectivity index (χ0v) is 15.1. The Hall–Kier alpha value is -3.15. The fraction of sp³-hybridized carbons (Fsp3) is 0.238. The molecule has 0 saturated carbocycles. The van der Waals surface area contributed by atoms with E-state index in [0.717, 1.165) is 22.7 Å². The molecule has 3 aromatic rings. The number of carbonyl (C=O) groups is 1. The summed E-state index contributed by atoms with van der Waals surface area (Å²) in [4.78, 5) is 14.5. The molecule has 0 unspecified atom stereocenters. The van der Waals surface area contributed by atoms with E-state index >= 15 is 0 Å². The van der Waals surface area contributed by atoms with Crippen LogP contribution in [0.3, 0.4) is 0 Å². The average molecular weight is 365 g/mol. The number of aromatic nitrogens is 2. The van der Waals surface area contributed by atoms with Gasteiger partial charge in [-0.2, -0.15) is 5.10 Å². The van der Waals surface area contributed by atoms with Crippen LogP contribution in [0.1, 0.15) is 27.3 Å². The van der Waals surface area contributed by atoms with Crippen LogP contribution < -0.4 is 4.74 Å². The van der Waals surface area contributed by atoms with E-state index in [1.165, 1.54) is 24.3 Å². The normalized spacial score (nSPS) is 13.3. The standard InChI is InChI=1S/C21H20FN3O2/c1-15-19(14-27-18-5-3-2-4-6-18)23-25-12-11-24(13-20(15)25)21(26)16-7-9-17(22)10-8-16/h2-10H,11-14H2,1H3. The monoisotopic (exact) mass is 365 g/mol. The third kappa shape index (κ3) is 3.56. The van der Waals surface area contributed by atoms with Crippen molar-refractivity contribution in [2.45, 2.75) is 26.6 Å². The molecule has 1 aromatic heterocycles. The van der Waals surface area contributed by atoms with Crippen molar-refractivity contribution in [1.82, 2.24) is 14.7 Å². The average Bonchev–Trinajstić information content (AvgIpc) is 3.02. The largest absolute Gasteiger partial charge is 0.487 e. The predicted molar refractivity (Wildman–Crippen MR) is 98.9 cm³/mol. The van der Waals surface area contributed by atoms with Crippen LogP contribution in [0.25, 0.3) is 0 Å². The fourth-order valence-corrected chi connectivity index (χ4v) is 3.26. The molecule has 4 rings (SSSR count). The van der Waals surface area contributed by atoms with Gasteiger partial charge >= 0.3 is 0 Å². The Morgan fingerprint density at radius 2 is 1.85 bits per heavy atom. The number of hydrogen-bond acceptors (Lipinski definition) is 3. The molecule has 5 nitrogen and oxygen atoms in total. The van der Waals surface area contributed by atoms with Crippen LogP contribution in [0.4, 0.5) is 4.39 Å². The molecule has 0 bridgehead atoms. The van der Waals surface area contributed by atoms with Crippen molar-refractivity contribution in [1.29, 1.82) is 0 Å². The number of halogens is 1. The van der Waals surface area contributed by atoms with E-state index in [4.69, 9.17) is 4.74 Å². The van der Waals surface area contributed by atoms with Gasteiger partial charge in [-0.3, -0.25) is 9.48 Å². The van der Waals surface area contributed by atoms with Gasteiger partial charge in [0.15, 0.2) is 0 Å². The van der Waals surface area contributed by atoms with Crippen molar-refractivity contribution in [3.8, 4) is 5.75 Å². The first-order valence-corrected chi connectivity index (χ1v) is 8.89. The van der Waals surface area contributed by atoms with Crippen LogP contribution in [-0.2, 0) is 19.7 Å². The molecular formula is C21H20FN3O2. The quantitative estimate of drug-likeness (QED) is 0.710. The van der Waals surface area contributed by atoms with Crippen LogP contribution >= 0.6 is 0 Å². The maximum absolute atomic E-state index is 13.1. The molecule has 0 saturated heterocycles. The topological polar surface area (TPSA) is 47.4 Å². The summed E-state index contributed by atoms with van der Waals surface area (Å²) in [5, 5.41) is 4.65. The molecule has 0 atom stereocenters. The van der Waals surface area contributed by atoms with E-state index in [9.17, 15) is 9.18 Å². The van der Waals surface area contributed by atoms with Crippen LogP contribution in [0.15, 0.2) is 54.6 Å². The first kappa shape index (κ1) is 17.3. The lowest BCUT2D eigenvalue weighted by Crippen LogP contribution is -2.38. The molecule has 0 N–H and O–H groups in total. The van der Waals surface area contributed by atoms with Crippen molar-refractivity contribution in [2.24, 2.45) is 0 Å². The highest BCUT2D eigenvalue weighted by Crippen LogP contribution is 2.22. The molecule has 0 spiro atoms. The fourth-order valence-electron chi connectivity index (χ4n) is 3.26. The minimum Gasteiger partial charge on any atom is -0.487 e. The molecular weight excluding hydrogens is 345 g/mol. The number of fused-ring (bicyclic) bond motifs is 1. The molecule has 0 radical (unpaired) electrons. The van der Waals surface area contributed by atoms with Gasteiger partial charge in [0.05, 0.1) is 18.8 Å². The van der Waals surface area contributed by atoms with E-state index in [-0.39, 0.29) is 11.7 Å². The second kappa shape index (κ2) is 7.23. The summed E-state index contributed by atoms with van der Waals surface area (Å²) in [6.45, 7) is 4.09. The van der Waals surface area contributed by atoms with E-state index in [0.29, 0.717) is 31.8 Å². The summed E-state index contributed by atoms with van der Waals surface area (Å²) in [5.41, 5.74) is 3.44. The number of ether oxygens (including phenoxy) is 1. The minimum absolute atomic E-state index is 0.0936. The lowest BCUT2D eigenvalue weighted by atomic mass is 10.1. The molecule has 0 aliphatic carbocycles. The Balaban J connectivity index is 1.48. The van der Waals surface area contributed by atoms with Crippen LogP contribution in [0.5, 0.6) is 5.75 Å². The van der Waals surface area contributed by atoms with Crippen molar-refractivity contribution >= 4 is 5.91 Å². The molecule has 2 aromatic carbocycles. The van der Waals surface area contributed by atoms with E-state index in [2.05, 4.69) is 5.10 Å². The highest BCUT2D eigenvalue weighted by atomic mass is 19.1. The van der Waals surface area contributed by atoms with Gasteiger partial charge in [0.25, 0.3) is 5.91 Å². The summed E-state index contributed by atoms with van der Waals surface area (Å²) >= 11 is 0. The number of nitrogens with zero attached hydrogens (tertiary/aromatic N) is 3. The second-order valence-corrected chi connectivity index (χ2v) is 6.58. The lowest BCUT2D eigenvalue weighted by molar-refractivity contribution is 0.0705. The molecule has 27 heavy (non-hydrogen) atoms. The third-order valence-corrected chi connectivity index (χ3v) is 4.84. The Morgan fingerprint density at radius 1 is 1.11 bits per heavy atom. The summed E-state index contributed by atoms with van der Waals surface area (Å²) < 4.78 is 20.9. The van der Waals surface area contributed by atoms with Gasteiger partial charge in [0.1, 0.15) is 23.9 Å². The number of benzene rings is 2. The number of rotatable bonds is 4. The van der Waals surface area contributed by atoms with E-state index in [1.807, 2.05) is 41.9 Å². The summed E-state index contributed by atoms with van der Waals surface area (Å²) in [6.07, 6.45) is 0. The molecule has 0 fully saturated rings. The molecule has 1 amide bonds. The Kier molecular flexibility index (Phi) is 4.62. The van der Waals surface area contributed by atoms with Crippen molar-refractivity contribution < 1.29 is 13.9 Å².